The van der Waals surface area contributed by atoms with Crippen molar-refractivity contribution in [2.45, 2.75) is 37.6 Å². The van der Waals surface area contributed by atoms with Crippen LogP contribution >= 0.6 is 11.3 Å². The number of rotatable bonds is 10. The summed E-state index contributed by atoms with van der Waals surface area (Å²) in [5, 5.41) is 5.68. The van der Waals surface area contributed by atoms with Gasteiger partial charge in [-0.1, -0.05) is 13.8 Å². The van der Waals surface area contributed by atoms with Gasteiger partial charge in [-0.2, -0.15) is 0 Å². The van der Waals surface area contributed by atoms with Gasteiger partial charge < -0.3 is 14.8 Å². The fourth-order valence-corrected chi connectivity index (χ4v) is 4.19. The van der Waals surface area contributed by atoms with Crippen LogP contribution in [0.5, 0.6) is 11.5 Å². The van der Waals surface area contributed by atoms with E-state index >= 15 is 0 Å². The average molecular weight is 428 g/mol. The van der Waals surface area contributed by atoms with Crippen LogP contribution in [0, 0.1) is 0 Å². The van der Waals surface area contributed by atoms with Gasteiger partial charge in [-0.3, -0.25) is 4.79 Å². The normalized spacial score (nSPS) is 11.5. The number of aromatic nitrogens is 1. The number of nitrogens with one attached hydrogen (secondary N) is 2. The van der Waals surface area contributed by atoms with Crippen molar-refractivity contribution in [3.8, 4) is 11.5 Å². The van der Waals surface area contributed by atoms with E-state index in [1.807, 2.05) is 5.38 Å². The Labute approximate surface area is 169 Å². The van der Waals surface area contributed by atoms with Gasteiger partial charge in [0.15, 0.2) is 11.5 Å². The SMILES string of the molecule is COc1ccc(S(=O)(=O)NCCC(=O)NCc2csc(C(C)C)n2)cc1OC. The van der Waals surface area contributed by atoms with Gasteiger partial charge in [0.05, 0.1) is 36.4 Å². The number of ether oxygens (including phenoxy) is 2. The summed E-state index contributed by atoms with van der Waals surface area (Å²) in [5.41, 5.74) is 0.799. The maximum atomic E-state index is 12.4. The molecule has 28 heavy (non-hydrogen) atoms. The third-order valence-corrected chi connectivity index (χ3v) is 6.49. The van der Waals surface area contributed by atoms with Crippen LogP contribution in [0.1, 0.15) is 36.9 Å². The Kier molecular flexibility index (Phi) is 7.78. The van der Waals surface area contributed by atoms with E-state index in [-0.39, 0.29) is 23.8 Å². The zero-order valence-electron chi connectivity index (χ0n) is 16.3. The minimum absolute atomic E-state index is 0.0170. The Morgan fingerprint density at radius 2 is 1.93 bits per heavy atom. The Balaban J connectivity index is 1.84. The second-order valence-electron chi connectivity index (χ2n) is 6.27. The fourth-order valence-electron chi connectivity index (χ4n) is 2.31. The highest BCUT2D eigenvalue weighted by Crippen LogP contribution is 2.29. The van der Waals surface area contributed by atoms with Crippen molar-refractivity contribution in [2.24, 2.45) is 0 Å². The van der Waals surface area contributed by atoms with Gasteiger partial charge in [-0.15, -0.1) is 11.3 Å². The molecule has 10 heteroatoms. The summed E-state index contributed by atoms with van der Waals surface area (Å²) in [6.07, 6.45) is 0.0215. The first-order chi connectivity index (χ1) is 13.3. The third-order valence-electron chi connectivity index (χ3n) is 3.84. The van der Waals surface area contributed by atoms with E-state index in [1.54, 1.807) is 11.3 Å². The van der Waals surface area contributed by atoms with E-state index in [0.717, 1.165) is 10.7 Å². The van der Waals surface area contributed by atoms with Crippen LogP contribution in [0.15, 0.2) is 28.5 Å². The lowest BCUT2D eigenvalue weighted by atomic mass is 10.2. The minimum atomic E-state index is -3.76. The molecule has 0 spiro atoms. The maximum Gasteiger partial charge on any atom is 0.240 e. The van der Waals surface area contributed by atoms with E-state index in [0.29, 0.717) is 24.0 Å². The molecule has 0 saturated heterocycles. The smallest absolute Gasteiger partial charge is 0.240 e. The zero-order valence-corrected chi connectivity index (χ0v) is 17.9. The molecule has 8 nitrogen and oxygen atoms in total. The summed E-state index contributed by atoms with van der Waals surface area (Å²) in [7, 11) is -0.864. The summed E-state index contributed by atoms with van der Waals surface area (Å²) >= 11 is 1.56. The largest absolute Gasteiger partial charge is 0.493 e. The summed E-state index contributed by atoms with van der Waals surface area (Å²) in [6, 6.07) is 4.30. The standard InChI is InChI=1S/C18H25N3O5S2/c1-12(2)18-21-13(11-27-18)10-19-17(22)7-8-20-28(23,24)14-5-6-15(25-3)16(9-14)26-4/h5-6,9,11-12,20H,7-8,10H2,1-4H3,(H,19,22). The quantitative estimate of drug-likeness (QED) is 0.602. The topological polar surface area (TPSA) is 107 Å². The summed E-state index contributed by atoms with van der Waals surface area (Å²) in [6.45, 7) is 4.43. The Hall–Kier alpha value is -2.17. The van der Waals surface area contributed by atoms with E-state index in [1.165, 1.54) is 32.4 Å². The molecule has 0 bridgehead atoms. The molecular formula is C18H25N3O5S2. The van der Waals surface area contributed by atoms with Crippen molar-refractivity contribution in [3.63, 3.8) is 0 Å². The molecule has 0 aliphatic heterocycles. The average Bonchev–Trinajstić information content (AvgIpc) is 3.15. The number of nitrogens with zero attached hydrogens (tertiary/aromatic N) is 1. The van der Waals surface area contributed by atoms with Crippen molar-refractivity contribution >= 4 is 27.3 Å². The molecule has 0 radical (unpaired) electrons. The van der Waals surface area contributed by atoms with Crippen LogP contribution < -0.4 is 19.5 Å². The van der Waals surface area contributed by atoms with Crippen LogP contribution in [0.4, 0.5) is 0 Å². The lowest BCUT2D eigenvalue weighted by Gasteiger charge is -2.11. The van der Waals surface area contributed by atoms with Crippen molar-refractivity contribution < 1.29 is 22.7 Å². The zero-order chi connectivity index (χ0) is 20.7. The molecule has 0 atom stereocenters. The summed E-state index contributed by atoms with van der Waals surface area (Å²) < 4.78 is 37.4. The van der Waals surface area contributed by atoms with E-state index in [4.69, 9.17) is 9.47 Å². The number of carbonyl (C=O) groups excluding carboxylic acids is 1. The highest BCUT2D eigenvalue weighted by molar-refractivity contribution is 7.89. The number of benzene rings is 1. The molecular weight excluding hydrogens is 402 g/mol. The Bertz CT molecular complexity index is 910. The number of hydrogen-bond acceptors (Lipinski definition) is 7. The van der Waals surface area contributed by atoms with Crippen molar-refractivity contribution in [3.05, 3.63) is 34.3 Å². The molecule has 1 aromatic carbocycles. The van der Waals surface area contributed by atoms with Gasteiger partial charge in [0.1, 0.15) is 0 Å². The maximum absolute atomic E-state index is 12.4. The van der Waals surface area contributed by atoms with Crippen molar-refractivity contribution in [1.82, 2.24) is 15.0 Å². The lowest BCUT2D eigenvalue weighted by molar-refractivity contribution is -0.121. The van der Waals surface area contributed by atoms with Gasteiger partial charge >= 0.3 is 0 Å². The highest BCUT2D eigenvalue weighted by atomic mass is 32.2. The van der Waals surface area contributed by atoms with E-state index in [9.17, 15) is 13.2 Å². The number of hydrogen-bond donors (Lipinski definition) is 2. The molecule has 1 heterocycles. The van der Waals surface area contributed by atoms with Gasteiger partial charge in [-0.25, -0.2) is 18.1 Å². The molecule has 154 valence electrons. The Morgan fingerprint density at radius 3 is 2.54 bits per heavy atom. The number of thiazole rings is 1. The van der Waals surface area contributed by atoms with Crippen LogP contribution in [-0.2, 0) is 21.4 Å². The van der Waals surface area contributed by atoms with E-state index in [2.05, 4.69) is 28.9 Å². The predicted molar refractivity (Wildman–Crippen MR) is 107 cm³/mol. The van der Waals surface area contributed by atoms with Crippen LogP contribution in [0.3, 0.4) is 0 Å². The summed E-state index contributed by atoms with van der Waals surface area (Å²) in [5.74, 6) is 0.838. The first kappa shape index (κ1) is 22.1. The summed E-state index contributed by atoms with van der Waals surface area (Å²) in [4.78, 5) is 16.4. The van der Waals surface area contributed by atoms with Crippen LogP contribution in [0.25, 0.3) is 0 Å². The number of methoxy groups -OCH3 is 2. The van der Waals surface area contributed by atoms with Gasteiger partial charge in [0, 0.05) is 30.3 Å². The number of carbonyl (C=O) groups is 1. The first-order valence-corrected chi connectivity index (χ1v) is 11.1. The van der Waals surface area contributed by atoms with Crippen molar-refractivity contribution in [2.75, 3.05) is 20.8 Å². The van der Waals surface area contributed by atoms with Crippen molar-refractivity contribution in [1.29, 1.82) is 0 Å². The van der Waals surface area contributed by atoms with Gasteiger partial charge in [0.25, 0.3) is 0 Å². The van der Waals surface area contributed by atoms with Gasteiger partial charge in [0.2, 0.25) is 15.9 Å². The second kappa shape index (κ2) is 9.85. The molecule has 2 aromatic rings. The van der Waals surface area contributed by atoms with Crippen LogP contribution in [0.2, 0.25) is 0 Å². The highest BCUT2D eigenvalue weighted by Gasteiger charge is 2.17. The number of sulfonamides is 1. The molecule has 0 fully saturated rings. The fraction of sp³-hybridized carbons (Fsp3) is 0.444. The van der Waals surface area contributed by atoms with Gasteiger partial charge in [-0.05, 0) is 12.1 Å². The second-order valence-corrected chi connectivity index (χ2v) is 8.93. The predicted octanol–water partition coefficient (Wildman–Crippen LogP) is 2.27. The molecule has 2 rings (SSSR count). The first-order valence-electron chi connectivity index (χ1n) is 8.69. The molecule has 0 aliphatic rings. The molecule has 1 amide bonds. The number of amides is 1. The molecule has 0 unspecified atom stereocenters. The third kappa shape index (κ3) is 5.91. The van der Waals surface area contributed by atoms with Crippen LogP contribution in [-0.4, -0.2) is 40.1 Å². The molecule has 0 aliphatic carbocycles. The molecule has 0 saturated carbocycles. The van der Waals surface area contributed by atoms with E-state index < -0.39 is 10.0 Å². The monoisotopic (exact) mass is 427 g/mol. The molecule has 2 N–H and O–H groups in total. The molecule has 1 aromatic heterocycles. The Morgan fingerprint density at radius 1 is 1.21 bits per heavy atom. The minimum Gasteiger partial charge on any atom is -0.493 e. The lowest BCUT2D eigenvalue weighted by Crippen LogP contribution is -2.30.